The number of carbonyl (C=O) groups excluding carboxylic acids is 1. The number of phenols is 1. The normalized spacial score (nSPS) is 22.5. The van der Waals surface area contributed by atoms with Crippen molar-refractivity contribution in [2.24, 2.45) is 5.92 Å². The second-order valence-electron chi connectivity index (χ2n) is 6.11. The number of halogens is 2. The summed E-state index contributed by atoms with van der Waals surface area (Å²) < 4.78 is 27.6. The summed E-state index contributed by atoms with van der Waals surface area (Å²) in [6, 6.07) is 2.08. The summed E-state index contributed by atoms with van der Waals surface area (Å²) in [5.41, 5.74) is -0.130. The molecule has 1 atom stereocenters. The zero-order chi connectivity index (χ0) is 15.7. The average Bonchev–Trinajstić information content (AvgIpc) is 3.18. The molecule has 1 unspecified atom stereocenters. The highest BCUT2D eigenvalue weighted by atomic mass is 19.1. The molecule has 0 aliphatic carbocycles. The third-order valence-corrected chi connectivity index (χ3v) is 4.59. The fourth-order valence-electron chi connectivity index (χ4n) is 3.33. The topological polar surface area (TPSA) is 43.8 Å². The number of amides is 1. The number of aromatic hydroxyl groups is 1. The first-order valence-corrected chi connectivity index (χ1v) is 7.73. The highest BCUT2D eigenvalue weighted by Gasteiger charge is 2.33. The molecular weight excluding hydrogens is 290 g/mol. The minimum Gasteiger partial charge on any atom is -0.505 e. The molecule has 2 aliphatic rings. The summed E-state index contributed by atoms with van der Waals surface area (Å²) in [4.78, 5) is 16.1. The van der Waals surface area contributed by atoms with Crippen molar-refractivity contribution in [3.8, 4) is 5.75 Å². The van der Waals surface area contributed by atoms with Crippen LogP contribution in [0.1, 0.15) is 24.8 Å². The van der Waals surface area contributed by atoms with Gasteiger partial charge in [0.25, 0.3) is 0 Å². The summed E-state index contributed by atoms with van der Waals surface area (Å²) in [7, 11) is 0. The maximum atomic E-state index is 13.8. The van der Waals surface area contributed by atoms with Crippen molar-refractivity contribution in [1.29, 1.82) is 0 Å². The van der Waals surface area contributed by atoms with Crippen LogP contribution >= 0.6 is 0 Å². The van der Waals surface area contributed by atoms with Crippen molar-refractivity contribution in [2.45, 2.75) is 25.8 Å². The fourth-order valence-corrected chi connectivity index (χ4v) is 3.33. The van der Waals surface area contributed by atoms with Crippen LogP contribution in [0.5, 0.6) is 5.75 Å². The van der Waals surface area contributed by atoms with Crippen LogP contribution in [-0.4, -0.2) is 47.0 Å². The summed E-state index contributed by atoms with van der Waals surface area (Å²) in [6.45, 7) is 2.88. The molecule has 22 heavy (non-hydrogen) atoms. The zero-order valence-corrected chi connectivity index (χ0v) is 12.4. The Morgan fingerprint density at radius 1 is 1.23 bits per heavy atom. The van der Waals surface area contributed by atoms with Gasteiger partial charge in [-0.25, -0.2) is 8.78 Å². The Hall–Kier alpha value is -1.69. The van der Waals surface area contributed by atoms with Crippen molar-refractivity contribution in [3.63, 3.8) is 0 Å². The number of benzene rings is 1. The SMILES string of the molecule is O=C(C1CCN(Cc2c(F)ccc(O)c2F)C1)N1CCCC1. The first kappa shape index (κ1) is 15.2. The number of hydrogen-bond donors (Lipinski definition) is 1. The molecule has 6 heteroatoms. The minimum atomic E-state index is -0.908. The van der Waals surface area contributed by atoms with E-state index in [4.69, 9.17) is 0 Å². The van der Waals surface area contributed by atoms with Gasteiger partial charge in [-0.3, -0.25) is 9.69 Å². The highest BCUT2D eigenvalue weighted by molar-refractivity contribution is 5.79. The van der Waals surface area contributed by atoms with Crippen molar-refractivity contribution >= 4 is 5.91 Å². The zero-order valence-electron chi connectivity index (χ0n) is 12.4. The third-order valence-electron chi connectivity index (χ3n) is 4.59. The summed E-state index contributed by atoms with van der Waals surface area (Å²) in [5.74, 6) is -2.03. The largest absolute Gasteiger partial charge is 0.505 e. The smallest absolute Gasteiger partial charge is 0.227 e. The molecule has 0 aromatic heterocycles. The van der Waals surface area contributed by atoms with Crippen LogP contribution in [0.25, 0.3) is 0 Å². The number of carbonyl (C=O) groups is 1. The van der Waals surface area contributed by atoms with E-state index in [-0.39, 0.29) is 23.9 Å². The van der Waals surface area contributed by atoms with E-state index in [0.29, 0.717) is 13.1 Å². The molecule has 4 nitrogen and oxygen atoms in total. The maximum absolute atomic E-state index is 13.8. The van der Waals surface area contributed by atoms with Gasteiger partial charge in [0, 0.05) is 31.7 Å². The third kappa shape index (κ3) is 2.92. The molecule has 1 aromatic rings. The van der Waals surface area contributed by atoms with E-state index in [1.807, 2.05) is 9.80 Å². The van der Waals surface area contributed by atoms with Gasteiger partial charge in [0.05, 0.1) is 5.92 Å². The lowest BCUT2D eigenvalue weighted by Crippen LogP contribution is -2.35. The number of likely N-dealkylation sites (tertiary alicyclic amines) is 2. The van der Waals surface area contributed by atoms with Gasteiger partial charge in [0.15, 0.2) is 11.6 Å². The van der Waals surface area contributed by atoms with Crippen molar-refractivity contribution in [1.82, 2.24) is 9.80 Å². The number of hydrogen-bond acceptors (Lipinski definition) is 3. The molecule has 0 bridgehead atoms. The van der Waals surface area contributed by atoms with Gasteiger partial charge < -0.3 is 10.0 Å². The molecule has 2 heterocycles. The number of phenolic OH excluding ortho intramolecular Hbond substituents is 1. The van der Waals surface area contributed by atoms with E-state index >= 15 is 0 Å². The quantitative estimate of drug-likeness (QED) is 0.930. The first-order chi connectivity index (χ1) is 10.6. The molecule has 3 rings (SSSR count). The number of nitrogens with zero attached hydrogens (tertiary/aromatic N) is 2. The Morgan fingerprint density at radius 2 is 1.95 bits per heavy atom. The Morgan fingerprint density at radius 3 is 2.68 bits per heavy atom. The lowest BCUT2D eigenvalue weighted by Gasteiger charge is -2.21. The average molecular weight is 310 g/mol. The van der Waals surface area contributed by atoms with Gasteiger partial charge in [-0.1, -0.05) is 0 Å². The van der Waals surface area contributed by atoms with Gasteiger partial charge in [-0.2, -0.15) is 0 Å². The van der Waals surface area contributed by atoms with Crippen LogP contribution in [0.2, 0.25) is 0 Å². The van der Waals surface area contributed by atoms with Crippen LogP contribution in [0.4, 0.5) is 8.78 Å². The Labute approximate surface area is 128 Å². The van der Waals surface area contributed by atoms with Crippen LogP contribution in [0, 0.1) is 17.6 Å². The molecule has 2 fully saturated rings. The predicted octanol–water partition coefficient (Wildman–Crippen LogP) is 2.11. The Bertz CT molecular complexity index is 574. The Balaban J connectivity index is 1.64. The van der Waals surface area contributed by atoms with E-state index in [0.717, 1.165) is 44.5 Å². The lowest BCUT2D eigenvalue weighted by atomic mass is 10.1. The van der Waals surface area contributed by atoms with Gasteiger partial charge in [-0.15, -0.1) is 0 Å². The molecule has 1 amide bonds. The summed E-state index contributed by atoms with van der Waals surface area (Å²) in [6.07, 6.45) is 2.83. The standard InChI is InChI=1S/C16H20F2N2O2/c17-13-3-4-14(21)15(18)12(13)10-19-8-5-11(9-19)16(22)20-6-1-2-7-20/h3-4,11,21H,1-2,5-10H2. The second-order valence-corrected chi connectivity index (χ2v) is 6.11. The van der Waals surface area contributed by atoms with Crippen LogP contribution in [0.15, 0.2) is 12.1 Å². The van der Waals surface area contributed by atoms with E-state index in [2.05, 4.69) is 0 Å². The molecule has 0 radical (unpaired) electrons. The van der Waals surface area contributed by atoms with Gasteiger partial charge in [0.1, 0.15) is 5.82 Å². The monoisotopic (exact) mass is 310 g/mol. The van der Waals surface area contributed by atoms with Gasteiger partial charge in [-0.05, 0) is 37.9 Å². The van der Waals surface area contributed by atoms with Crippen molar-refractivity contribution in [3.05, 3.63) is 29.3 Å². The van der Waals surface area contributed by atoms with E-state index in [9.17, 15) is 18.7 Å². The Kier molecular flexibility index (Phi) is 4.29. The molecule has 1 aromatic carbocycles. The predicted molar refractivity (Wildman–Crippen MR) is 77.2 cm³/mol. The van der Waals surface area contributed by atoms with Crippen LogP contribution in [0.3, 0.4) is 0 Å². The molecular formula is C16H20F2N2O2. The van der Waals surface area contributed by atoms with Crippen LogP contribution in [-0.2, 0) is 11.3 Å². The summed E-state index contributed by atoms with van der Waals surface area (Å²) in [5, 5.41) is 9.36. The highest BCUT2D eigenvalue weighted by Crippen LogP contribution is 2.27. The molecule has 2 aliphatic heterocycles. The molecule has 0 saturated carbocycles. The molecule has 120 valence electrons. The molecule has 0 spiro atoms. The molecule has 2 saturated heterocycles. The van der Waals surface area contributed by atoms with E-state index in [1.54, 1.807) is 0 Å². The molecule has 1 N–H and O–H groups in total. The van der Waals surface area contributed by atoms with Crippen molar-refractivity contribution < 1.29 is 18.7 Å². The second kappa shape index (κ2) is 6.20. The van der Waals surface area contributed by atoms with Crippen molar-refractivity contribution in [2.75, 3.05) is 26.2 Å². The van der Waals surface area contributed by atoms with Crippen LogP contribution < -0.4 is 0 Å². The maximum Gasteiger partial charge on any atom is 0.227 e. The van der Waals surface area contributed by atoms with Gasteiger partial charge in [0.2, 0.25) is 5.91 Å². The summed E-state index contributed by atoms with van der Waals surface area (Å²) >= 11 is 0. The minimum absolute atomic E-state index is 0.0792. The van der Waals surface area contributed by atoms with E-state index < -0.39 is 17.4 Å². The first-order valence-electron chi connectivity index (χ1n) is 7.73. The fraction of sp³-hybridized carbons (Fsp3) is 0.562. The number of rotatable bonds is 3. The van der Waals surface area contributed by atoms with Gasteiger partial charge >= 0.3 is 0 Å². The van der Waals surface area contributed by atoms with E-state index in [1.165, 1.54) is 0 Å². The lowest BCUT2D eigenvalue weighted by molar-refractivity contribution is -0.134.